The van der Waals surface area contributed by atoms with E-state index in [2.05, 4.69) is 25.1 Å². The molecule has 1 atom stereocenters. The van der Waals surface area contributed by atoms with Crippen LogP contribution in [0.15, 0.2) is 30.0 Å². The Morgan fingerprint density at radius 1 is 1.40 bits per heavy atom. The maximum Gasteiger partial charge on any atom is 0.264 e. The Hall–Kier alpha value is -2.61. The first kappa shape index (κ1) is 15.9. The van der Waals surface area contributed by atoms with Crippen LogP contribution in [-0.4, -0.2) is 49.0 Å². The van der Waals surface area contributed by atoms with Crippen LogP contribution in [0.5, 0.6) is 0 Å². The van der Waals surface area contributed by atoms with Crippen molar-refractivity contribution in [2.75, 3.05) is 13.1 Å². The van der Waals surface area contributed by atoms with Crippen molar-refractivity contribution in [1.29, 1.82) is 0 Å². The third-order valence-electron chi connectivity index (χ3n) is 4.45. The highest BCUT2D eigenvalue weighted by atomic mass is 32.1. The Kier molecular flexibility index (Phi) is 4.27. The molecule has 1 saturated heterocycles. The lowest BCUT2D eigenvalue weighted by Gasteiger charge is -2.31. The summed E-state index contributed by atoms with van der Waals surface area (Å²) in [7, 11) is 0. The molecule has 4 heterocycles. The molecule has 0 bridgehead atoms. The van der Waals surface area contributed by atoms with Gasteiger partial charge >= 0.3 is 0 Å². The summed E-state index contributed by atoms with van der Waals surface area (Å²) in [5, 5.41) is 9.24. The van der Waals surface area contributed by atoms with Gasteiger partial charge in [0, 0.05) is 31.4 Å². The molecule has 1 aliphatic rings. The Bertz CT molecular complexity index is 874. The van der Waals surface area contributed by atoms with Crippen LogP contribution in [0.25, 0.3) is 11.5 Å². The molecule has 1 N–H and O–H groups in total. The molecule has 0 saturated carbocycles. The topological polar surface area (TPSA) is 87.7 Å². The number of hydrogen-bond acceptors (Lipinski definition) is 6. The number of aromatic nitrogens is 5. The first-order chi connectivity index (χ1) is 12.2. The van der Waals surface area contributed by atoms with Gasteiger partial charge in [0.05, 0.1) is 11.1 Å². The maximum atomic E-state index is 12.8. The van der Waals surface area contributed by atoms with Gasteiger partial charge in [-0.1, -0.05) is 0 Å². The van der Waals surface area contributed by atoms with Crippen LogP contribution in [0.2, 0.25) is 0 Å². The molecule has 25 heavy (non-hydrogen) atoms. The minimum absolute atomic E-state index is 0.117. The molecule has 128 valence electrons. The lowest BCUT2D eigenvalue weighted by atomic mass is 9.97. The van der Waals surface area contributed by atoms with Gasteiger partial charge in [-0.15, -0.1) is 11.3 Å². The first-order valence-corrected chi connectivity index (χ1v) is 9.12. The van der Waals surface area contributed by atoms with E-state index in [0.29, 0.717) is 18.1 Å². The summed E-state index contributed by atoms with van der Waals surface area (Å²) in [6.07, 6.45) is 6.83. The van der Waals surface area contributed by atoms with Gasteiger partial charge < -0.3 is 4.90 Å². The normalized spacial score (nSPS) is 17.6. The van der Waals surface area contributed by atoms with Crippen molar-refractivity contribution < 1.29 is 4.79 Å². The first-order valence-electron chi connectivity index (χ1n) is 8.24. The van der Waals surface area contributed by atoms with Gasteiger partial charge in [-0.05, 0) is 36.8 Å². The summed E-state index contributed by atoms with van der Waals surface area (Å²) in [5.74, 6) is 1.63. The largest absolute Gasteiger partial charge is 0.337 e. The third-order valence-corrected chi connectivity index (χ3v) is 5.45. The van der Waals surface area contributed by atoms with E-state index in [1.807, 2.05) is 23.3 Å². The second-order valence-electron chi connectivity index (χ2n) is 6.16. The smallest absolute Gasteiger partial charge is 0.264 e. The predicted octanol–water partition coefficient (Wildman–Crippen LogP) is 2.65. The van der Waals surface area contributed by atoms with Gasteiger partial charge in [-0.25, -0.2) is 9.97 Å². The number of thiophene rings is 1. The van der Waals surface area contributed by atoms with Crippen LogP contribution < -0.4 is 0 Å². The van der Waals surface area contributed by atoms with Crippen LogP contribution in [0.3, 0.4) is 0 Å². The predicted molar refractivity (Wildman–Crippen MR) is 94.3 cm³/mol. The van der Waals surface area contributed by atoms with Crippen LogP contribution >= 0.6 is 11.3 Å². The van der Waals surface area contributed by atoms with Crippen molar-refractivity contribution in [3.05, 3.63) is 46.3 Å². The Morgan fingerprint density at radius 3 is 3.08 bits per heavy atom. The Labute approximate surface area is 149 Å². The van der Waals surface area contributed by atoms with Crippen molar-refractivity contribution in [2.45, 2.75) is 25.7 Å². The Morgan fingerprint density at radius 2 is 2.32 bits per heavy atom. The number of aromatic amines is 1. The van der Waals surface area contributed by atoms with Gasteiger partial charge in [-0.3, -0.25) is 14.9 Å². The minimum atomic E-state index is 0.117. The molecule has 1 amide bonds. The van der Waals surface area contributed by atoms with E-state index in [0.717, 1.165) is 35.7 Å². The van der Waals surface area contributed by atoms with Crippen molar-refractivity contribution in [3.63, 3.8) is 0 Å². The molecular formula is C17H18N6OS. The van der Waals surface area contributed by atoms with E-state index in [1.165, 1.54) is 11.3 Å². The second-order valence-corrected chi connectivity index (χ2v) is 7.07. The lowest BCUT2D eigenvalue weighted by Crippen LogP contribution is -2.39. The second kappa shape index (κ2) is 6.72. The number of hydrogen-bond donors (Lipinski definition) is 1. The summed E-state index contributed by atoms with van der Waals surface area (Å²) in [6.45, 7) is 3.43. The maximum absolute atomic E-state index is 12.8. The third kappa shape index (κ3) is 3.17. The Balaban J connectivity index is 1.51. The van der Waals surface area contributed by atoms with Crippen LogP contribution in [0.4, 0.5) is 0 Å². The summed E-state index contributed by atoms with van der Waals surface area (Å²) in [6, 6.07) is 1.99. The van der Waals surface area contributed by atoms with Crippen molar-refractivity contribution in [3.8, 4) is 11.5 Å². The molecule has 1 fully saturated rings. The van der Waals surface area contributed by atoms with Gasteiger partial charge in [0.2, 0.25) is 5.82 Å². The van der Waals surface area contributed by atoms with Crippen molar-refractivity contribution in [1.82, 2.24) is 30.0 Å². The number of carbonyl (C=O) groups is 1. The highest BCUT2D eigenvalue weighted by Crippen LogP contribution is 2.28. The van der Waals surface area contributed by atoms with Gasteiger partial charge in [0.25, 0.3) is 5.91 Å². The summed E-state index contributed by atoms with van der Waals surface area (Å²) >= 11 is 1.51. The van der Waals surface area contributed by atoms with E-state index in [9.17, 15) is 4.79 Å². The van der Waals surface area contributed by atoms with E-state index in [-0.39, 0.29) is 11.8 Å². The van der Waals surface area contributed by atoms with E-state index >= 15 is 0 Å². The number of nitrogens with one attached hydrogen (secondary N) is 1. The number of amides is 1. The number of carbonyl (C=O) groups excluding carboxylic acids is 1. The van der Waals surface area contributed by atoms with Crippen LogP contribution in [0, 0.1) is 6.92 Å². The highest BCUT2D eigenvalue weighted by Gasteiger charge is 2.28. The van der Waals surface area contributed by atoms with Crippen LogP contribution in [-0.2, 0) is 0 Å². The molecule has 3 aromatic heterocycles. The summed E-state index contributed by atoms with van der Waals surface area (Å²) < 4.78 is 0. The van der Waals surface area contributed by atoms with Crippen molar-refractivity contribution in [2.24, 2.45) is 0 Å². The van der Waals surface area contributed by atoms with Gasteiger partial charge in [0.1, 0.15) is 11.5 Å². The van der Waals surface area contributed by atoms with E-state index in [4.69, 9.17) is 0 Å². The zero-order chi connectivity index (χ0) is 17.2. The molecule has 8 heteroatoms. The zero-order valence-corrected chi connectivity index (χ0v) is 14.7. The number of piperidine rings is 1. The standard InChI is InChI=1S/C17H18N6OS/c1-11-4-8-25-14(11)17(24)23-7-2-3-12(10-23)15-20-16(22-21-15)13-9-18-5-6-19-13/h4-6,8-9,12H,2-3,7,10H2,1H3,(H,20,21,22)/t12-/m1/s1. The molecular weight excluding hydrogens is 336 g/mol. The lowest BCUT2D eigenvalue weighted by molar-refractivity contribution is 0.0709. The SMILES string of the molecule is Cc1ccsc1C(=O)N1CCC[C@@H](c2nc(-c3cnccn3)n[nH]2)C1. The molecule has 1 aliphatic heterocycles. The minimum Gasteiger partial charge on any atom is -0.337 e. The van der Waals surface area contributed by atoms with Crippen LogP contribution in [0.1, 0.15) is 39.8 Å². The fourth-order valence-electron chi connectivity index (χ4n) is 3.11. The average Bonchev–Trinajstić information content (AvgIpc) is 3.31. The number of likely N-dealkylation sites (tertiary alicyclic amines) is 1. The average molecular weight is 354 g/mol. The quantitative estimate of drug-likeness (QED) is 0.781. The fourth-order valence-corrected chi connectivity index (χ4v) is 4.00. The molecule has 4 rings (SSSR count). The van der Waals surface area contributed by atoms with Crippen molar-refractivity contribution >= 4 is 17.2 Å². The van der Waals surface area contributed by atoms with E-state index < -0.39 is 0 Å². The summed E-state index contributed by atoms with van der Waals surface area (Å²) in [5.41, 5.74) is 1.68. The molecule has 3 aromatic rings. The number of H-pyrrole nitrogens is 1. The number of aryl methyl sites for hydroxylation is 1. The van der Waals surface area contributed by atoms with Gasteiger partial charge in [0.15, 0.2) is 0 Å². The monoisotopic (exact) mass is 354 g/mol. The number of nitrogens with zero attached hydrogens (tertiary/aromatic N) is 5. The number of rotatable bonds is 3. The molecule has 0 unspecified atom stereocenters. The highest BCUT2D eigenvalue weighted by molar-refractivity contribution is 7.12. The molecule has 7 nitrogen and oxygen atoms in total. The molecule has 0 spiro atoms. The summed E-state index contributed by atoms with van der Waals surface area (Å²) in [4.78, 5) is 28.4. The zero-order valence-electron chi connectivity index (χ0n) is 13.8. The fraction of sp³-hybridized carbons (Fsp3) is 0.353. The van der Waals surface area contributed by atoms with E-state index in [1.54, 1.807) is 18.6 Å². The molecule has 0 radical (unpaired) electrons. The molecule has 0 aliphatic carbocycles. The molecule has 0 aromatic carbocycles. The van der Waals surface area contributed by atoms with Gasteiger partial charge in [-0.2, -0.15) is 5.10 Å².